The number of aldehydes is 1. The molecule has 198 valence electrons. The van der Waals surface area contributed by atoms with E-state index in [1.54, 1.807) is 0 Å². The van der Waals surface area contributed by atoms with Crippen molar-refractivity contribution >= 4 is 17.8 Å². The first-order valence-corrected chi connectivity index (χ1v) is 13.4. The second-order valence-corrected chi connectivity index (χ2v) is 9.15. The van der Waals surface area contributed by atoms with Crippen molar-refractivity contribution in [3.8, 4) is 22.4 Å². The van der Waals surface area contributed by atoms with E-state index in [1.807, 2.05) is 49.6 Å². The molecule has 0 saturated carbocycles. The highest BCUT2D eigenvalue weighted by atomic mass is 16.3. The highest BCUT2D eigenvalue weighted by Crippen LogP contribution is 2.33. The molecule has 1 aliphatic heterocycles. The Morgan fingerprint density at radius 3 is 2.39 bits per heavy atom. The third kappa shape index (κ3) is 5.97. The number of carbonyl (C=O) groups excluding carboxylic acids is 1. The number of fused-ring (bicyclic) bond motifs is 1. The van der Waals surface area contributed by atoms with Crippen molar-refractivity contribution in [2.75, 3.05) is 44.2 Å². The molecule has 1 aliphatic rings. The number of piperazine rings is 1. The maximum Gasteiger partial charge on any atom is 0.166 e. The fraction of sp³-hybridized carbons (Fsp3) is 0.367. The van der Waals surface area contributed by atoms with Gasteiger partial charge >= 0.3 is 0 Å². The number of hydrogen-bond acceptors (Lipinski definition) is 7. The number of hydrogen-bond donors (Lipinski definition) is 0. The molecule has 0 radical (unpaired) electrons. The van der Waals surface area contributed by atoms with Gasteiger partial charge in [0.2, 0.25) is 0 Å². The smallest absolute Gasteiger partial charge is 0.166 e. The van der Waals surface area contributed by atoms with Gasteiger partial charge in [0.25, 0.3) is 0 Å². The maximum absolute atomic E-state index is 10.9. The van der Waals surface area contributed by atoms with E-state index in [-0.39, 0.29) is 0 Å². The molecular weight excluding hydrogens is 476 g/mol. The molecule has 0 bridgehead atoms. The normalized spacial score (nSPS) is 13.7. The summed E-state index contributed by atoms with van der Waals surface area (Å²) >= 11 is 0. The highest BCUT2D eigenvalue weighted by molar-refractivity contribution is 5.83. The second kappa shape index (κ2) is 13.1. The van der Waals surface area contributed by atoms with Gasteiger partial charge < -0.3 is 9.69 Å². The van der Waals surface area contributed by atoms with Crippen molar-refractivity contribution in [1.82, 2.24) is 19.5 Å². The van der Waals surface area contributed by atoms with Gasteiger partial charge in [0.1, 0.15) is 12.1 Å². The molecule has 3 heterocycles. The van der Waals surface area contributed by atoms with Crippen molar-refractivity contribution in [3.05, 3.63) is 76.8 Å². The molecule has 0 N–H and O–H groups in total. The standard InChI is InChI=1S/C28H30N6O2.C2H6/c1-21-27(24-11-5-7-22(19-24)8-6-18-35)28-30-25(23-9-3-2-4-10-23)20-26(34(28)31-21)33-16-14-32(15-17-33)13-12-29-36;1-2/h2-5,7,9-11,18-20H,6,8,12-17H2,1H3;1-2H3. The summed E-state index contributed by atoms with van der Waals surface area (Å²) in [7, 11) is 0. The molecule has 8 nitrogen and oxygen atoms in total. The number of nitrogens with zero attached hydrogens (tertiary/aromatic N) is 6. The molecule has 8 heteroatoms. The van der Waals surface area contributed by atoms with E-state index < -0.39 is 0 Å². The van der Waals surface area contributed by atoms with Gasteiger partial charge in [-0.15, -0.1) is 0 Å². The van der Waals surface area contributed by atoms with Gasteiger partial charge in [-0.3, -0.25) is 4.90 Å². The van der Waals surface area contributed by atoms with Crippen molar-refractivity contribution in [2.24, 2.45) is 5.18 Å². The first-order valence-electron chi connectivity index (χ1n) is 13.4. The number of nitroso groups, excluding NO2 is 1. The van der Waals surface area contributed by atoms with Gasteiger partial charge in [-0.05, 0) is 24.5 Å². The third-order valence-electron chi connectivity index (χ3n) is 6.79. The van der Waals surface area contributed by atoms with Crippen LogP contribution in [0.1, 0.15) is 31.5 Å². The SMILES string of the molecule is CC.Cc1nn2c(N3CCN(CCN=O)CC3)cc(-c3ccccc3)nc2c1-c1cccc(CCC=O)c1. The fourth-order valence-electron chi connectivity index (χ4n) is 4.92. The quantitative estimate of drug-likeness (QED) is 0.220. The maximum atomic E-state index is 10.9. The Hall–Kier alpha value is -3.91. The van der Waals surface area contributed by atoms with Gasteiger partial charge in [0.15, 0.2) is 5.65 Å². The summed E-state index contributed by atoms with van der Waals surface area (Å²) in [6.07, 6.45) is 2.18. The van der Waals surface area contributed by atoms with Gasteiger partial charge in [-0.2, -0.15) is 14.5 Å². The molecule has 0 unspecified atom stereocenters. The highest BCUT2D eigenvalue weighted by Gasteiger charge is 2.23. The van der Waals surface area contributed by atoms with Crippen molar-refractivity contribution < 1.29 is 4.79 Å². The van der Waals surface area contributed by atoms with Crippen LogP contribution in [0.15, 0.2) is 65.8 Å². The Morgan fingerprint density at radius 2 is 1.68 bits per heavy atom. The zero-order valence-corrected chi connectivity index (χ0v) is 22.5. The molecule has 2 aromatic carbocycles. The van der Waals surface area contributed by atoms with Crippen LogP contribution < -0.4 is 4.90 Å². The Balaban J connectivity index is 0.00000164. The zero-order chi connectivity index (χ0) is 26.9. The third-order valence-corrected chi connectivity index (χ3v) is 6.79. The average molecular weight is 513 g/mol. The van der Waals surface area contributed by atoms with Crippen LogP contribution in [0.4, 0.5) is 5.82 Å². The summed E-state index contributed by atoms with van der Waals surface area (Å²) in [5, 5.41) is 7.96. The Morgan fingerprint density at radius 1 is 0.947 bits per heavy atom. The van der Waals surface area contributed by atoms with E-state index in [0.717, 1.165) is 77.6 Å². The molecule has 1 fully saturated rings. The summed E-state index contributed by atoms with van der Waals surface area (Å²) in [4.78, 5) is 31.2. The van der Waals surface area contributed by atoms with Gasteiger partial charge in [-0.25, -0.2) is 4.98 Å². The van der Waals surface area contributed by atoms with E-state index >= 15 is 0 Å². The predicted octanol–water partition coefficient (Wildman–Crippen LogP) is 5.42. The first-order chi connectivity index (χ1) is 18.7. The number of benzene rings is 2. The lowest BCUT2D eigenvalue weighted by atomic mass is 10.0. The minimum atomic E-state index is 0.325. The van der Waals surface area contributed by atoms with E-state index in [0.29, 0.717) is 25.9 Å². The summed E-state index contributed by atoms with van der Waals surface area (Å²) in [5.74, 6) is 1.01. The van der Waals surface area contributed by atoms with E-state index in [1.165, 1.54) is 0 Å². The molecule has 0 aliphatic carbocycles. The van der Waals surface area contributed by atoms with Crippen molar-refractivity contribution in [2.45, 2.75) is 33.6 Å². The van der Waals surface area contributed by atoms with Crippen LogP contribution in [0.25, 0.3) is 28.0 Å². The Labute approximate surface area is 224 Å². The van der Waals surface area contributed by atoms with Crippen molar-refractivity contribution in [1.29, 1.82) is 0 Å². The minimum absolute atomic E-state index is 0.325. The van der Waals surface area contributed by atoms with Gasteiger partial charge in [0.05, 0.1) is 17.9 Å². The summed E-state index contributed by atoms with van der Waals surface area (Å²) in [6, 6.07) is 20.7. The van der Waals surface area contributed by atoms with Gasteiger partial charge in [0, 0.05) is 56.3 Å². The predicted molar refractivity (Wildman–Crippen MR) is 154 cm³/mol. The number of aryl methyl sites for hydroxylation is 2. The largest absolute Gasteiger partial charge is 0.354 e. The number of aromatic nitrogens is 3. The number of rotatable bonds is 9. The van der Waals surface area contributed by atoms with Crippen molar-refractivity contribution in [3.63, 3.8) is 0 Å². The molecule has 38 heavy (non-hydrogen) atoms. The molecule has 0 atom stereocenters. The molecule has 5 rings (SSSR count). The molecule has 0 amide bonds. The number of carbonyl (C=O) groups is 1. The molecule has 4 aromatic rings. The van der Waals surface area contributed by atoms with Crippen LogP contribution in [0.5, 0.6) is 0 Å². The lowest BCUT2D eigenvalue weighted by molar-refractivity contribution is -0.107. The number of anilines is 1. The molecule has 2 aromatic heterocycles. The summed E-state index contributed by atoms with van der Waals surface area (Å²) in [5.41, 5.74) is 6.89. The Bertz CT molecular complexity index is 1360. The van der Waals surface area contributed by atoms with Crippen LogP contribution >= 0.6 is 0 Å². The first kappa shape index (κ1) is 27.1. The minimum Gasteiger partial charge on any atom is -0.354 e. The molecule has 0 spiro atoms. The van der Waals surface area contributed by atoms with E-state index in [9.17, 15) is 9.70 Å². The molecule has 1 saturated heterocycles. The summed E-state index contributed by atoms with van der Waals surface area (Å²) in [6.45, 7) is 10.5. The molecular formula is C30H36N6O2. The lowest BCUT2D eigenvalue weighted by Crippen LogP contribution is -2.47. The van der Waals surface area contributed by atoms with E-state index in [4.69, 9.17) is 10.1 Å². The van der Waals surface area contributed by atoms with Crippen LogP contribution in [0.2, 0.25) is 0 Å². The lowest BCUT2D eigenvalue weighted by Gasteiger charge is -2.35. The average Bonchev–Trinajstić information content (AvgIpc) is 3.32. The summed E-state index contributed by atoms with van der Waals surface area (Å²) < 4.78 is 1.97. The van der Waals surface area contributed by atoms with Crippen LogP contribution in [0.3, 0.4) is 0 Å². The zero-order valence-electron chi connectivity index (χ0n) is 22.5. The topological polar surface area (TPSA) is 83.2 Å². The monoisotopic (exact) mass is 512 g/mol. The second-order valence-electron chi connectivity index (χ2n) is 9.15. The fourth-order valence-corrected chi connectivity index (χ4v) is 4.92. The van der Waals surface area contributed by atoms with Crippen LogP contribution in [0, 0.1) is 11.8 Å². The van der Waals surface area contributed by atoms with Crippen LogP contribution in [-0.2, 0) is 11.2 Å². The Kier molecular flexibility index (Phi) is 9.32. The van der Waals surface area contributed by atoms with E-state index in [2.05, 4.69) is 51.4 Å². The van der Waals surface area contributed by atoms with Crippen LogP contribution in [-0.4, -0.2) is 65.1 Å². The van der Waals surface area contributed by atoms with Gasteiger partial charge in [-0.1, -0.05) is 73.6 Å².